The first-order valence-corrected chi connectivity index (χ1v) is 10.3. The molecule has 3 aliphatic heterocycles. The van der Waals surface area contributed by atoms with Crippen LogP contribution in [0.3, 0.4) is 0 Å². The first-order valence-electron chi connectivity index (χ1n) is 10.3. The summed E-state index contributed by atoms with van der Waals surface area (Å²) in [4.78, 5) is 14.1. The van der Waals surface area contributed by atoms with E-state index >= 15 is 0 Å². The molecule has 7 heteroatoms. The van der Waals surface area contributed by atoms with Crippen molar-refractivity contribution >= 4 is 11.8 Å². The number of rotatable bonds is 5. The van der Waals surface area contributed by atoms with Gasteiger partial charge in [0.15, 0.2) is 5.96 Å². The zero-order valence-electron chi connectivity index (χ0n) is 16.5. The molecular formula is C20H32N6O. The molecule has 7 nitrogen and oxygen atoms in total. The number of fused-ring (bicyclic) bond motifs is 2. The van der Waals surface area contributed by atoms with Gasteiger partial charge in [-0.3, -0.25) is 0 Å². The molecule has 2 bridgehead atoms. The SMILES string of the molecule is CCNC(=NCc1ccc(N2CCN(C)CC2)nc1)NC1CC2CCC1O2. The second kappa shape index (κ2) is 8.44. The van der Waals surface area contributed by atoms with Gasteiger partial charge in [-0.05, 0) is 44.9 Å². The Hall–Kier alpha value is -1.86. The van der Waals surface area contributed by atoms with Gasteiger partial charge in [-0.2, -0.15) is 0 Å². The van der Waals surface area contributed by atoms with E-state index in [4.69, 9.17) is 9.73 Å². The van der Waals surface area contributed by atoms with Crippen molar-refractivity contribution in [2.24, 2.45) is 4.99 Å². The molecule has 3 atom stereocenters. The van der Waals surface area contributed by atoms with Gasteiger partial charge in [-0.25, -0.2) is 9.98 Å². The van der Waals surface area contributed by atoms with Crippen LogP contribution in [-0.4, -0.2) is 73.9 Å². The van der Waals surface area contributed by atoms with Crippen LogP contribution in [-0.2, 0) is 11.3 Å². The quantitative estimate of drug-likeness (QED) is 0.598. The number of nitrogens with zero attached hydrogens (tertiary/aromatic N) is 4. The third kappa shape index (κ3) is 4.52. The van der Waals surface area contributed by atoms with Gasteiger partial charge in [0.2, 0.25) is 0 Å². The number of nitrogens with one attached hydrogen (secondary N) is 2. The Morgan fingerprint density at radius 1 is 1.26 bits per heavy atom. The van der Waals surface area contributed by atoms with Crippen LogP contribution in [0.15, 0.2) is 23.3 Å². The molecule has 3 unspecified atom stereocenters. The molecule has 4 rings (SSSR count). The first kappa shape index (κ1) is 18.5. The zero-order valence-corrected chi connectivity index (χ0v) is 16.5. The predicted octanol–water partition coefficient (Wildman–Crippen LogP) is 1.21. The lowest BCUT2D eigenvalue weighted by Crippen LogP contribution is -2.47. The Kier molecular flexibility index (Phi) is 5.78. The average Bonchev–Trinajstić information content (AvgIpc) is 3.31. The lowest BCUT2D eigenvalue weighted by Gasteiger charge is -2.33. The fourth-order valence-corrected chi connectivity index (χ4v) is 4.19. The van der Waals surface area contributed by atoms with Gasteiger partial charge in [0, 0.05) is 38.9 Å². The number of anilines is 1. The van der Waals surface area contributed by atoms with E-state index in [1.165, 1.54) is 12.8 Å². The maximum Gasteiger partial charge on any atom is 0.191 e. The molecule has 0 amide bonds. The highest BCUT2D eigenvalue weighted by Gasteiger charge is 2.41. The minimum absolute atomic E-state index is 0.350. The van der Waals surface area contributed by atoms with Crippen molar-refractivity contribution in [1.82, 2.24) is 20.5 Å². The molecule has 0 aliphatic carbocycles. The summed E-state index contributed by atoms with van der Waals surface area (Å²) in [5.41, 5.74) is 1.13. The number of ether oxygens (including phenoxy) is 1. The Morgan fingerprint density at radius 3 is 2.74 bits per heavy atom. The summed E-state index contributed by atoms with van der Waals surface area (Å²) in [6.45, 7) is 7.86. The van der Waals surface area contributed by atoms with Crippen LogP contribution < -0.4 is 15.5 Å². The number of hydrogen-bond acceptors (Lipinski definition) is 5. The standard InChI is InChI=1S/C20H32N6O/c1-3-21-20(24-17-12-16-5-6-18(17)27-16)23-14-15-4-7-19(22-13-15)26-10-8-25(2)9-11-26/h4,7,13,16-18H,3,5-6,8-12,14H2,1-2H3,(H2,21,23,24). The van der Waals surface area contributed by atoms with Gasteiger partial charge in [0.1, 0.15) is 5.82 Å². The highest BCUT2D eigenvalue weighted by Crippen LogP contribution is 2.34. The number of likely N-dealkylation sites (N-methyl/N-ethyl adjacent to an activating group) is 1. The summed E-state index contributed by atoms with van der Waals surface area (Å²) in [6, 6.07) is 4.66. The summed E-state index contributed by atoms with van der Waals surface area (Å²) in [7, 11) is 2.17. The van der Waals surface area contributed by atoms with Crippen molar-refractivity contribution in [2.75, 3.05) is 44.7 Å². The van der Waals surface area contributed by atoms with Crippen LogP contribution in [0.1, 0.15) is 31.7 Å². The molecule has 3 fully saturated rings. The van der Waals surface area contributed by atoms with Gasteiger partial charge >= 0.3 is 0 Å². The van der Waals surface area contributed by atoms with E-state index in [0.717, 1.165) is 56.5 Å². The van der Waals surface area contributed by atoms with Crippen molar-refractivity contribution in [3.05, 3.63) is 23.9 Å². The number of aliphatic imine (C=N–C) groups is 1. The van der Waals surface area contributed by atoms with E-state index in [9.17, 15) is 0 Å². The summed E-state index contributed by atoms with van der Waals surface area (Å²) >= 11 is 0. The van der Waals surface area contributed by atoms with E-state index in [0.29, 0.717) is 24.8 Å². The van der Waals surface area contributed by atoms with E-state index in [2.05, 4.69) is 51.5 Å². The smallest absolute Gasteiger partial charge is 0.191 e. The average molecular weight is 373 g/mol. The number of hydrogen-bond donors (Lipinski definition) is 2. The van der Waals surface area contributed by atoms with Gasteiger partial charge in [-0.1, -0.05) is 6.07 Å². The predicted molar refractivity (Wildman–Crippen MR) is 108 cm³/mol. The van der Waals surface area contributed by atoms with Crippen LogP contribution in [0.25, 0.3) is 0 Å². The van der Waals surface area contributed by atoms with Crippen molar-refractivity contribution < 1.29 is 4.74 Å². The maximum absolute atomic E-state index is 5.94. The molecule has 3 aliphatic rings. The number of aromatic nitrogens is 1. The highest BCUT2D eigenvalue weighted by atomic mass is 16.5. The molecule has 4 heterocycles. The van der Waals surface area contributed by atoms with Crippen molar-refractivity contribution in [2.45, 2.75) is 51.0 Å². The van der Waals surface area contributed by atoms with Crippen molar-refractivity contribution in [3.8, 4) is 0 Å². The van der Waals surface area contributed by atoms with Gasteiger partial charge in [-0.15, -0.1) is 0 Å². The number of piperazine rings is 1. The summed E-state index contributed by atoms with van der Waals surface area (Å²) in [6.07, 6.45) is 6.23. The molecular weight excluding hydrogens is 340 g/mol. The Bertz CT molecular complexity index is 640. The Balaban J connectivity index is 1.33. The van der Waals surface area contributed by atoms with Crippen LogP contribution in [0.2, 0.25) is 0 Å². The molecule has 0 saturated carbocycles. The molecule has 2 N–H and O–H groups in total. The fourth-order valence-electron chi connectivity index (χ4n) is 4.19. The van der Waals surface area contributed by atoms with Crippen LogP contribution in [0.4, 0.5) is 5.82 Å². The maximum atomic E-state index is 5.94. The third-order valence-electron chi connectivity index (χ3n) is 5.83. The second-order valence-electron chi connectivity index (χ2n) is 7.87. The van der Waals surface area contributed by atoms with Crippen molar-refractivity contribution in [1.29, 1.82) is 0 Å². The largest absolute Gasteiger partial charge is 0.373 e. The van der Waals surface area contributed by atoms with Gasteiger partial charge < -0.3 is 25.2 Å². The van der Waals surface area contributed by atoms with Gasteiger partial charge in [0.05, 0.1) is 24.8 Å². The van der Waals surface area contributed by atoms with E-state index in [-0.39, 0.29) is 0 Å². The lowest BCUT2D eigenvalue weighted by atomic mass is 9.96. The molecule has 27 heavy (non-hydrogen) atoms. The first-order chi connectivity index (χ1) is 13.2. The van der Waals surface area contributed by atoms with Crippen LogP contribution in [0, 0.1) is 0 Å². The number of pyridine rings is 1. The van der Waals surface area contributed by atoms with Crippen molar-refractivity contribution in [3.63, 3.8) is 0 Å². The monoisotopic (exact) mass is 372 g/mol. The molecule has 1 aromatic heterocycles. The molecule has 148 valence electrons. The normalized spacial score (nSPS) is 28.6. The summed E-state index contributed by atoms with van der Waals surface area (Å²) in [5.74, 6) is 1.95. The lowest BCUT2D eigenvalue weighted by molar-refractivity contribution is 0.0992. The summed E-state index contributed by atoms with van der Waals surface area (Å²) < 4.78 is 5.94. The zero-order chi connectivity index (χ0) is 18.6. The van der Waals surface area contributed by atoms with E-state index in [1.54, 1.807) is 0 Å². The molecule has 0 radical (unpaired) electrons. The minimum atomic E-state index is 0.350. The minimum Gasteiger partial charge on any atom is -0.373 e. The summed E-state index contributed by atoms with van der Waals surface area (Å²) in [5, 5.41) is 6.92. The molecule has 3 saturated heterocycles. The van der Waals surface area contributed by atoms with E-state index in [1.807, 2.05) is 6.20 Å². The second-order valence-corrected chi connectivity index (χ2v) is 7.87. The van der Waals surface area contributed by atoms with E-state index < -0.39 is 0 Å². The van der Waals surface area contributed by atoms with Crippen LogP contribution >= 0.6 is 0 Å². The topological polar surface area (TPSA) is 65.0 Å². The Morgan fingerprint density at radius 2 is 2.11 bits per heavy atom. The molecule has 0 spiro atoms. The fraction of sp³-hybridized carbons (Fsp3) is 0.700. The molecule has 0 aromatic carbocycles. The highest BCUT2D eigenvalue weighted by molar-refractivity contribution is 5.80. The van der Waals surface area contributed by atoms with Gasteiger partial charge in [0.25, 0.3) is 0 Å². The third-order valence-corrected chi connectivity index (χ3v) is 5.83. The number of guanidine groups is 1. The molecule has 1 aromatic rings. The Labute approximate surface area is 162 Å². The van der Waals surface area contributed by atoms with Crippen LogP contribution in [0.5, 0.6) is 0 Å².